The first-order valence-electron chi connectivity index (χ1n) is 6.31. The van der Waals surface area contributed by atoms with E-state index in [1.807, 2.05) is 0 Å². The Morgan fingerprint density at radius 2 is 2.00 bits per heavy atom. The smallest absolute Gasteiger partial charge is 0.321 e. The lowest BCUT2D eigenvalue weighted by atomic mass is 10.3. The molecule has 0 aliphatic carbocycles. The molecule has 1 heterocycles. The number of urea groups is 1. The molecule has 0 saturated carbocycles. The predicted octanol–water partition coefficient (Wildman–Crippen LogP) is 3.46. The highest BCUT2D eigenvalue weighted by atomic mass is 35.5. The van der Waals surface area contributed by atoms with E-state index in [0.717, 1.165) is 0 Å². The second-order valence-corrected chi connectivity index (χ2v) is 5.27. The molecule has 0 aliphatic rings. The summed E-state index contributed by atoms with van der Waals surface area (Å²) in [6, 6.07) is 2.82. The number of aromatic nitrogens is 2. The Hall–Kier alpha value is -2.05. The highest BCUT2D eigenvalue weighted by molar-refractivity contribution is 6.37. The molecule has 0 fully saturated rings. The molecule has 2 aromatic rings. The van der Waals surface area contributed by atoms with Crippen molar-refractivity contribution < 1.29 is 9.53 Å². The molecule has 116 valence electrons. The van der Waals surface area contributed by atoms with Gasteiger partial charge in [0.25, 0.3) is 0 Å². The number of hydrogen-bond donors (Lipinski definition) is 1. The summed E-state index contributed by atoms with van der Waals surface area (Å²) < 4.78 is 5.06. The van der Waals surface area contributed by atoms with Crippen LogP contribution < -0.4 is 10.1 Å². The summed E-state index contributed by atoms with van der Waals surface area (Å²) in [4.78, 5) is 21.7. The number of nitrogens with zero attached hydrogens (tertiary/aromatic N) is 3. The van der Waals surface area contributed by atoms with Crippen LogP contribution in [0.15, 0.2) is 30.7 Å². The summed E-state index contributed by atoms with van der Waals surface area (Å²) in [6.07, 6.45) is 4.75. The summed E-state index contributed by atoms with van der Waals surface area (Å²) in [5.41, 5.74) is 1.16. The maximum absolute atomic E-state index is 12.1. The Bertz CT molecular complexity index is 644. The van der Waals surface area contributed by atoms with E-state index in [9.17, 15) is 4.79 Å². The predicted molar refractivity (Wildman–Crippen MR) is 85.5 cm³/mol. The number of amides is 2. The van der Waals surface area contributed by atoms with Crippen molar-refractivity contribution in [1.29, 1.82) is 0 Å². The van der Waals surface area contributed by atoms with Gasteiger partial charge in [0.1, 0.15) is 0 Å². The number of methoxy groups -OCH3 is 1. The molecule has 0 bridgehead atoms. The fraction of sp³-hybridized carbons (Fsp3) is 0.214. The molecule has 22 heavy (non-hydrogen) atoms. The van der Waals surface area contributed by atoms with Crippen molar-refractivity contribution in [3.05, 3.63) is 46.5 Å². The third-order valence-electron chi connectivity index (χ3n) is 2.82. The highest BCUT2D eigenvalue weighted by Gasteiger charge is 2.13. The molecule has 0 atom stereocenters. The van der Waals surface area contributed by atoms with Crippen molar-refractivity contribution in [3.63, 3.8) is 0 Å². The normalized spacial score (nSPS) is 10.2. The summed E-state index contributed by atoms with van der Waals surface area (Å²) >= 11 is 12.1. The molecule has 0 spiro atoms. The molecule has 1 N–H and O–H groups in total. The quantitative estimate of drug-likeness (QED) is 0.925. The maximum Gasteiger partial charge on any atom is 0.321 e. The van der Waals surface area contributed by atoms with Gasteiger partial charge in [-0.25, -0.2) is 4.79 Å². The van der Waals surface area contributed by atoms with Crippen LogP contribution in [0.3, 0.4) is 0 Å². The summed E-state index contributed by atoms with van der Waals surface area (Å²) in [5, 5.41) is 3.35. The number of carbonyl (C=O) groups is 1. The minimum Gasteiger partial charge on any atom is -0.494 e. The first kappa shape index (κ1) is 16.3. The Kier molecular flexibility index (Phi) is 5.41. The zero-order valence-corrected chi connectivity index (χ0v) is 13.5. The Balaban J connectivity index is 2.05. The van der Waals surface area contributed by atoms with Crippen molar-refractivity contribution in [1.82, 2.24) is 14.9 Å². The van der Waals surface area contributed by atoms with Gasteiger partial charge < -0.3 is 15.0 Å². The standard InChI is InChI=1S/C14H14Cl2N4O2/c1-20(8-10-7-17-3-4-18-10)14(21)19-9-5-11(15)13(22-2)12(16)6-9/h3-7H,8H2,1-2H3,(H,19,21). The largest absolute Gasteiger partial charge is 0.494 e. The van der Waals surface area contributed by atoms with Gasteiger partial charge in [0, 0.05) is 25.1 Å². The van der Waals surface area contributed by atoms with E-state index in [2.05, 4.69) is 15.3 Å². The van der Waals surface area contributed by atoms with Crippen molar-refractivity contribution in [3.8, 4) is 5.75 Å². The fourth-order valence-electron chi connectivity index (χ4n) is 1.77. The van der Waals surface area contributed by atoms with Gasteiger partial charge in [0.05, 0.1) is 35.6 Å². The molecule has 1 aromatic heterocycles. The number of benzene rings is 1. The van der Waals surface area contributed by atoms with Crippen molar-refractivity contribution in [2.24, 2.45) is 0 Å². The van der Waals surface area contributed by atoms with E-state index in [-0.39, 0.29) is 6.03 Å². The Morgan fingerprint density at radius 1 is 1.32 bits per heavy atom. The van der Waals surface area contributed by atoms with E-state index in [4.69, 9.17) is 27.9 Å². The first-order chi connectivity index (χ1) is 10.5. The van der Waals surface area contributed by atoms with Gasteiger partial charge in [0.15, 0.2) is 5.75 Å². The van der Waals surface area contributed by atoms with Gasteiger partial charge in [-0.2, -0.15) is 0 Å². The zero-order chi connectivity index (χ0) is 16.1. The summed E-state index contributed by atoms with van der Waals surface area (Å²) in [5.74, 6) is 0.370. The van der Waals surface area contributed by atoms with Crippen LogP contribution in [0.25, 0.3) is 0 Å². The lowest BCUT2D eigenvalue weighted by Crippen LogP contribution is -2.31. The topological polar surface area (TPSA) is 67.3 Å². The number of halogens is 2. The van der Waals surface area contributed by atoms with Gasteiger partial charge in [-0.1, -0.05) is 23.2 Å². The van der Waals surface area contributed by atoms with E-state index in [1.165, 1.54) is 12.0 Å². The van der Waals surface area contributed by atoms with Gasteiger partial charge in [-0.15, -0.1) is 0 Å². The number of anilines is 1. The molecule has 0 saturated heterocycles. The molecular weight excluding hydrogens is 327 g/mol. The fourth-order valence-corrected chi connectivity index (χ4v) is 2.41. The number of rotatable bonds is 4. The zero-order valence-electron chi connectivity index (χ0n) is 12.0. The van der Waals surface area contributed by atoms with E-state index in [1.54, 1.807) is 37.8 Å². The minimum atomic E-state index is -0.317. The average Bonchev–Trinajstić information content (AvgIpc) is 2.48. The monoisotopic (exact) mass is 340 g/mol. The average molecular weight is 341 g/mol. The Morgan fingerprint density at radius 3 is 2.55 bits per heavy atom. The highest BCUT2D eigenvalue weighted by Crippen LogP contribution is 2.35. The molecule has 8 heteroatoms. The van der Waals surface area contributed by atoms with Gasteiger partial charge >= 0.3 is 6.03 Å². The first-order valence-corrected chi connectivity index (χ1v) is 7.07. The van der Waals surface area contributed by atoms with E-state index < -0.39 is 0 Å². The summed E-state index contributed by atoms with van der Waals surface area (Å²) in [7, 11) is 3.12. The summed E-state index contributed by atoms with van der Waals surface area (Å²) in [6.45, 7) is 0.331. The molecule has 1 aromatic carbocycles. The second-order valence-electron chi connectivity index (χ2n) is 4.46. The lowest BCUT2D eigenvalue weighted by Gasteiger charge is -2.18. The van der Waals surface area contributed by atoms with Crippen LogP contribution in [0.1, 0.15) is 5.69 Å². The lowest BCUT2D eigenvalue weighted by molar-refractivity contribution is 0.220. The second kappa shape index (κ2) is 7.29. The molecule has 2 amide bonds. The molecule has 6 nitrogen and oxygen atoms in total. The maximum atomic E-state index is 12.1. The van der Waals surface area contributed by atoms with Crippen LogP contribution >= 0.6 is 23.2 Å². The van der Waals surface area contributed by atoms with Crippen molar-refractivity contribution in [2.75, 3.05) is 19.5 Å². The van der Waals surface area contributed by atoms with Crippen LogP contribution in [0.5, 0.6) is 5.75 Å². The minimum absolute atomic E-state index is 0.317. The Labute approximate surface area is 138 Å². The molecular formula is C14H14Cl2N4O2. The van der Waals surface area contributed by atoms with Crippen LogP contribution in [-0.2, 0) is 6.54 Å². The molecule has 2 rings (SSSR count). The molecule has 0 radical (unpaired) electrons. The van der Waals surface area contributed by atoms with E-state index in [0.29, 0.717) is 33.7 Å². The van der Waals surface area contributed by atoms with Gasteiger partial charge in [0.2, 0.25) is 0 Å². The van der Waals surface area contributed by atoms with Gasteiger partial charge in [-0.05, 0) is 12.1 Å². The number of nitrogens with one attached hydrogen (secondary N) is 1. The van der Waals surface area contributed by atoms with Crippen molar-refractivity contribution >= 4 is 34.9 Å². The molecule has 0 aliphatic heterocycles. The van der Waals surface area contributed by atoms with Gasteiger partial charge in [-0.3, -0.25) is 9.97 Å². The SMILES string of the molecule is COc1c(Cl)cc(NC(=O)N(C)Cc2cnccn2)cc1Cl. The van der Waals surface area contributed by atoms with E-state index >= 15 is 0 Å². The van der Waals surface area contributed by atoms with Crippen LogP contribution in [0, 0.1) is 0 Å². The number of hydrogen-bond acceptors (Lipinski definition) is 4. The van der Waals surface area contributed by atoms with Crippen LogP contribution in [-0.4, -0.2) is 35.1 Å². The molecule has 0 unspecified atom stereocenters. The van der Waals surface area contributed by atoms with Crippen LogP contribution in [0.4, 0.5) is 10.5 Å². The third-order valence-corrected chi connectivity index (χ3v) is 3.38. The van der Waals surface area contributed by atoms with Crippen LogP contribution in [0.2, 0.25) is 10.0 Å². The van der Waals surface area contributed by atoms with Crippen molar-refractivity contribution in [2.45, 2.75) is 6.54 Å². The third kappa shape index (κ3) is 3.99. The number of ether oxygens (including phenoxy) is 1. The number of carbonyl (C=O) groups excluding carboxylic acids is 1.